The van der Waals surface area contributed by atoms with Gasteiger partial charge in [0, 0.05) is 5.69 Å². The van der Waals surface area contributed by atoms with Crippen molar-refractivity contribution < 1.29 is 9.53 Å². The number of amides is 1. The van der Waals surface area contributed by atoms with E-state index in [9.17, 15) is 4.79 Å². The molecule has 1 heterocycles. The average molecular weight is 332 g/mol. The molecule has 134 valence electrons. The van der Waals surface area contributed by atoms with Crippen molar-refractivity contribution in [2.45, 2.75) is 60.3 Å². The van der Waals surface area contributed by atoms with Gasteiger partial charge in [-0.3, -0.25) is 4.79 Å². The number of hydrogen-bond acceptors (Lipinski definition) is 2. The largest absolute Gasteiger partial charge is 0.493 e. The predicted octanol–water partition coefficient (Wildman–Crippen LogP) is 5.08. The monoisotopic (exact) mass is 331 g/mol. The van der Waals surface area contributed by atoms with Gasteiger partial charge in [0.05, 0.1) is 6.61 Å². The van der Waals surface area contributed by atoms with E-state index in [4.69, 9.17) is 4.74 Å². The minimum atomic E-state index is 0.601. The molecule has 1 N–H and O–H groups in total. The second-order valence-corrected chi connectivity index (χ2v) is 7.99. The number of aryl methyl sites for hydroxylation is 2. The maximum Gasteiger partial charge on any atom is 0.211 e. The van der Waals surface area contributed by atoms with Crippen LogP contribution in [0.3, 0.4) is 0 Å². The summed E-state index contributed by atoms with van der Waals surface area (Å²) in [5.41, 5.74) is 3.37. The Morgan fingerprint density at radius 3 is 2.62 bits per heavy atom. The van der Waals surface area contributed by atoms with E-state index in [2.05, 4.69) is 52.1 Å². The number of carbonyl (C=O) groups excluding carboxylic acids is 1. The molecule has 0 saturated carbocycles. The van der Waals surface area contributed by atoms with Gasteiger partial charge in [-0.25, -0.2) is 0 Å². The number of rotatable bonds is 7. The normalized spacial score (nSPS) is 18.7. The lowest BCUT2D eigenvalue weighted by Crippen LogP contribution is -2.16. The third kappa shape index (κ3) is 4.75. The summed E-state index contributed by atoms with van der Waals surface area (Å²) in [5, 5.41) is 2.90. The quantitative estimate of drug-likeness (QED) is 0.708. The summed E-state index contributed by atoms with van der Waals surface area (Å²) < 4.78 is 6.13. The standard InChI is InChI=1S/C21H33NO2/c1-14(2)16(5)6-7-17-11-21-18(10-20(17)22-13-23)8-9-19(12-24-21)15(3)4/h10-11,13-16,19H,6-9,12H2,1-5H3,(H,22,23). The molecular formula is C21H33NO2. The first-order valence-corrected chi connectivity index (χ1v) is 9.41. The summed E-state index contributed by atoms with van der Waals surface area (Å²) >= 11 is 0. The van der Waals surface area contributed by atoms with Crippen LogP contribution < -0.4 is 10.1 Å². The molecule has 0 radical (unpaired) electrons. The van der Waals surface area contributed by atoms with Crippen LogP contribution in [0.5, 0.6) is 5.75 Å². The van der Waals surface area contributed by atoms with E-state index in [-0.39, 0.29) is 0 Å². The lowest BCUT2D eigenvalue weighted by Gasteiger charge is -2.19. The fourth-order valence-corrected chi connectivity index (χ4v) is 3.26. The molecule has 0 fully saturated rings. The first kappa shape index (κ1) is 18.8. The van der Waals surface area contributed by atoms with E-state index in [0.29, 0.717) is 23.7 Å². The average Bonchev–Trinajstić information content (AvgIpc) is 2.74. The third-order valence-electron chi connectivity index (χ3n) is 5.69. The molecule has 1 amide bonds. The minimum Gasteiger partial charge on any atom is -0.493 e. The molecular weight excluding hydrogens is 298 g/mol. The van der Waals surface area contributed by atoms with E-state index in [1.165, 1.54) is 11.1 Å². The molecule has 0 aromatic heterocycles. The molecule has 3 heteroatoms. The number of fused-ring (bicyclic) bond motifs is 1. The van der Waals surface area contributed by atoms with Crippen LogP contribution in [0, 0.1) is 23.7 Å². The van der Waals surface area contributed by atoms with Crippen LogP contribution in [0.2, 0.25) is 0 Å². The van der Waals surface area contributed by atoms with Crippen molar-refractivity contribution in [1.82, 2.24) is 0 Å². The molecule has 2 rings (SSSR count). The Morgan fingerprint density at radius 1 is 1.25 bits per heavy atom. The van der Waals surface area contributed by atoms with Gasteiger partial charge >= 0.3 is 0 Å². The molecule has 0 bridgehead atoms. The van der Waals surface area contributed by atoms with Gasteiger partial charge in [0.25, 0.3) is 0 Å². The number of anilines is 1. The van der Waals surface area contributed by atoms with Gasteiger partial charge in [-0.15, -0.1) is 0 Å². The summed E-state index contributed by atoms with van der Waals surface area (Å²) in [5.74, 6) is 3.60. The lowest BCUT2D eigenvalue weighted by molar-refractivity contribution is -0.105. The van der Waals surface area contributed by atoms with Crippen molar-refractivity contribution in [2.75, 3.05) is 11.9 Å². The van der Waals surface area contributed by atoms with Crippen LogP contribution in [0.15, 0.2) is 12.1 Å². The Balaban J connectivity index is 2.21. The van der Waals surface area contributed by atoms with Gasteiger partial charge in [-0.1, -0.05) is 34.6 Å². The Kier molecular flexibility index (Phi) is 6.70. The molecule has 1 aromatic rings. The van der Waals surface area contributed by atoms with Crippen molar-refractivity contribution in [3.63, 3.8) is 0 Å². The number of nitrogens with one attached hydrogen (secondary N) is 1. The highest BCUT2D eigenvalue weighted by molar-refractivity contribution is 5.74. The SMILES string of the molecule is CC(C)C(C)CCc1cc2c(cc1NC=O)CCC(C(C)C)CO2. The van der Waals surface area contributed by atoms with Crippen molar-refractivity contribution in [1.29, 1.82) is 0 Å². The van der Waals surface area contributed by atoms with E-state index in [0.717, 1.165) is 50.1 Å². The molecule has 3 nitrogen and oxygen atoms in total. The number of carbonyl (C=O) groups is 1. The highest BCUT2D eigenvalue weighted by Crippen LogP contribution is 2.34. The zero-order chi connectivity index (χ0) is 17.7. The van der Waals surface area contributed by atoms with Crippen molar-refractivity contribution >= 4 is 12.1 Å². The molecule has 0 saturated heterocycles. The van der Waals surface area contributed by atoms with Gasteiger partial charge in [0.2, 0.25) is 6.41 Å². The van der Waals surface area contributed by atoms with Gasteiger partial charge in [-0.05, 0) is 72.6 Å². The lowest BCUT2D eigenvalue weighted by atomic mass is 9.89. The zero-order valence-corrected chi connectivity index (χ0v) is 15.9. The van der Waals surface area contributed by atoms with Crippen molar-refractivity contribution in [2.24, 2.45) is 23.7 Å². The van der Waals surface area contributed by atoms with E-state index in [1.807, 2.05) is 0 Å². The first-order chi connectivity index (χ1) is 11.4. The minimum absolute atomic E-state index is 0.601. The van der Waals surface area contributed by atoms with E-state index >= 15 is 0 Å². The van der Waals surface area contributed by atoms with Crippen LogP contribution in [0.25, 0.3) is 0 Å². The molecule has 2 unspecified atom stereocenters. The number of benzene rings is 1. The second kappa shape index (κ2) is 8.55. The van der Waals surface area contributed by atoms with Crippen LogP contribution in [0.4, 0.5) is 5.69 Å². The molecule has 1 aromatic carbocycles. The van der Waals surface area contributed by atoms with Gasteiger partial charge in [0.15, 0.2) is 0 Å². The smallest absolute Gasteiger partial charge is 0.211 e. The molecule has 0 aliphatic carbocycles. The highest BCUT2D eigenvalue weighted by Gasteiger charge is 2.21. The number of hydrogen-bond donors (Lipinski definition) is 1. The summed E-state index contributed by atoms with van der Waals surface area (Å²) in [4.78, 5) is 11.0. The van der Waals surface area contributed by atoms with Crippen molar-refractivity contribution in [3.05, 3.63) is 23.3 Å². The Bertz CT molecular complexity index is 551. The molecule has 24 heavy (non-hydrogen) atoms. The number of ether oxygens (including phenoxy) is 1. The van der Waals surface area contributed by atoms with Gasteiger partial charge in [-0.2, -0.15) is 0 Å². The van der Waals surface area contributed by atoms with Crippen LogP contribution in [-0.2, 0) is 17.6 Å². The summed E-state index contributed by atoms with van der Waals surface area (Å²) in [6, 6.07) is 4.29. The maximum absolute atomic E-state index is 11.0. The Hall–Kier alpha value is -1.51. The summed E-state index contributed by atoms with van der Waals surface area (Å²) in [6.07, 6.45) is 5.05. The fraction of sp³-hybridized carbons (Fsp3) is 0.667. The fourth-order valence-electron chi connectivity index (χ4n) is 3.26. The molecule has 0 spiro atoms. The van der Waals surface area contributed by atoms with Gasteiger partial charge < -0.3 is 10.1 Å². The molecule has 1 aliphatic heterocycles. The van der Waals surface area contributed by atoms with Crippen LogP contribution in [-0.4, -0.2) is 13.0 Å². The summed E-state index contributed by atoms with van der Waals surface area (Å²) in [7, 11) is 0. The molecule has 1 aliphatic rings. The van der Waals surface area contributed by atoms with Crippen molar-refractivity contribution in [3.8, 4) is 5.75 Å². The van der Waals surface area contributed by atoms with E-state index in [1.54, 1.807) is 0 Å². The maximum atomic E-state index is 11.0. The Labute approximate surface area is 147 Å². The second-order valence-electron chi connectivity index (χ2n) is 7.99. The third-order valence-corrected chi connectivity index (χ3v) is 5.69. The topological polar surface area (TPSA) is 38.3 Å². The summed E-state index contributed by atoms with van der Waals surface area (Å²) in [6.45, 7) is 12.2. The van der Waals surface area contributed by atoms with E-state index < -0.39 is 0 Å². The van der Waals surface area contributed by atoms with Crippen LogP contribution in [0.1, 0.15) is 58.6 Å². The zero-order valence-electron chi connectivity index (χ0n) is 15.9. The van der Waals surface area contributed by atoms with Crippen LogP contribution >= 0.6 is 0 Å². The first-order valence-electron chi connectivity index (χ1n) is 9.41. The highest BCUT2D eigenvalue weighted by atomic mass is 16.5. The predicted molar refractivity (Wildman–Crippen MR) is 101 cm³/mol. The van der Waals surface area contributed by atoms with Gasteiger partial charge in [0.1, 0.15) is 5.75 Å². The Morgan fingerprint density at radius 2 is 2.00 bits per heavy atom. The molecule has 2 atom stereocenters.